The summed E-state index contributed by atoms with van der Waals surface area (Å²) in [5, 5.41) is 26.3. The first-order valence-electron chi connectivity index (χ1n) is 10.3. The smallest absolute Gasteiger partial charge is 0.405 e. The number of hydrogen-bond donors (Lipinski definition) is 3. The van der Waals surface area contributed by atoms with Crippen molar-refractivity contribution in [2.24, 2.45) is 5.92 Å². The molecule has 3 aromatic rings. The van der Waals surface area contributed by atoms with Gasteiger partial charge in [-0.05, 0) is 75.8 Å². The van der Waals surface area contributed by atoms with Gasteiger partial charge in [0.25, 0.3) is 10.0 Å². The van der Waals surface area contributed by atoms with Crippen LogP contribution in [0.5, 0.6) is 0 Å². The Kier molecular flexibility index (Phi) is 6.61. The minimum absolute atomic E-state index is 0.0940. The maximum absolute atomic E-state index is 13.1. The number of nitrogens with one attached hydrogen (secondary N) is 1. The van der Waals surface area contributed by atoms with Crippen LogP contribution >= 0.6 is 0 Å². The molecule has 3 N–H and O–H groups in total. The Labute approximate surface area is 187 Å². The molecule has 0 fully saturated rings. The van der Waals surface area contributed by atoms with E-state index in [1.54, 1.807) is 50.4 Å². The number of aliphatic hydroxyl groups excluding tert-OH is 1. The summed E-state index contributed by atoms with van der Waals surface area (Å²) in [6, 6.07) is 10.2. The lowest BCUT2D eigenvalue weighted by Crippen LogP contribution is -2.44. The Hall–Kier alpha value is -2.91. The van der Waals surface area contributed by atoms with Gasteiger partial charge in [0, 0.05) is 17.5 Å². The number of aliphatic hydroxyl groups is 1. The summed E-state index contributed by atoms with van der Waals surface area (Å²) >= 11 is 0. The first kappa shape index (κ1) is 23.7. The fourth-order valence-corrected chi connectivity index (χ4v) is 5.33. The topological polar surface area (TPSA) is 122 Å². The fraction of sp³-hybridized carbons (Fsp3) is 0.391. The molecule has 0 saturated heterocycles. The molecule has 1 heterocycles. The van der Waals surface area contributed by atoms with Crippen molar-refractivity contribution in [2.45, 2.75) is 51.0 Å². The Morgan fingerprint density at radius 1 is 1.16 bits per heavy atom. The lowest BCUT2D eigenvalue weighted by atomic mass is 9.85. The number of hydrogen-bond acceptors (Lipinski definition) is 5. The molecule has 0 aliphatic carbocycles. The van der Waals surface area contributed by atoms with Gasteiger partial charge in [-0.1, -0.05) is 23.8 Å². The van der Waals surface area contributed by atoms with Gasteiger partial charge in [0.2, 0.25) is 0 Å². The quantitative estimate of drug-likeness (QED) is 0.474. The number of rotatable bonds is 8. The molecular weight excluding hydrogens is 430 g/mol. The minimum Gasteiger partial charge on any atom is -0.465 e. The number of nitrogens with zero attached hydrogens (tertiary/aromatic N) is 2. The maximum Gasteiger partial charge on any atom is 0.405 e. The predicted molar refractivity (Wildman–Crippen MR) is 122 cm³/mol. The van der Waals surface area contributed by atoms with Crippen LogP contribution in [0.15, 0.2) is 47.5 Å². The molecule has 2 aromatic carbocycles. The summed E-state index contributed by atoms with van der Waals surface area (Å²) in [7, 11) is -3.83. The van der Waals surface area contributed by atoms with Crippen LogP contribution in [-0.4, -0.2) is 46.1 Å². The van der Waals surface area contributed by atoms with Crippen molar-refractivity contribution < 1.29 is 23.4 Å². The van der Waals surface area contributed by atoms with Crippen molar-refractivity contribution >= 4 is 27.0 Å². The molecule has 0 spiro atoms. The summed E-state index contributed by atoms with van der Waals surface area (Å²) in [5.74, 6) is -0.167. The SMILES string of the molecule is Cc1ccc(S(=O)(=O)n2ncc3c(C)c(C[C@H](CO)CC(C)(C)NC(=O)O)ccc32)cc1. The van der Waals surface area contributed by atoms with E-state index in [0.717, 1.165) is 26.2 Å². The largest absolute Gasteiger partial charge is 0.465 e. The van der Waals surface area contributed by atoms with Crippen LogP contribution in [-0.2, 0) is 16.4 Å². The maximum atomic E-state index is 13.1. The molecule has 3 rings (SSSR count). The number of carboxylic acid groups (broad SMARTS) is 1. The van der Waals surface area contributed by atoms with Crippen LogP contribution in [0.1, 0.15) is 37.0 Å². The van der Waals surface area contributed by atoms with E-state index >= 15 is 0 Å². The second-order valence-corrected chi connectivity index (χ2v) is 10.6. The van der Waals surface area contributed by atoms with E-state index < -0.39 is 21.7 Å². The van der Waals surface area contributed by atoms with Gasteiger partial charge < -0.3 is 15.5 Å². The van der Waals surface area contributed by atoms with Crippen LogP contribution in [0, 0.1) is 19.8 Å². The second-order valence-electron chi connectivity index (χ2n) is 8.86. The third-order valence-electron chi connectivity index (χ3n) is 5.66. The van der Waals surface area contributed by atoms with Crippen molar-refractivity contribution in [3.05, 3.63) is 59.3 Å². The summed E-state index contributed by atoms with van der Waals surface area (Å²) in [6.07, 6.45) is 1.42. The normalized spacial score (nSPS) is 13.3. The van der Waals surface area contributed by atoms with Crippen LogP contribution < -0.4 is 5.32 Å². The molecule has 0 saturated carbocycles. The highest BCUT2D eigenvalue weighted by molar-refractivity contribution is 7.90. The van der Waals surface area contributed by atoms with E-state index in [2.05, 4.69) is 10.4 Å². The molecule has 0 bridgehead atoms. The molecule has 172 valence electrons. The molecule has 0 unspecified atom stereocenters. The average Bonchev–Trinajstić information content (AvgIpc) is 3.14. The summed E-state index contributed by atoms with van der Waals surface area (Å²) in [5.41, 5.74) is 2.60. The van der Waals surface area contributed by atoms with E-state index in [1.165, 1.54) is 0 Å². The van der Waals surface area contributed by atoms with Gasteiger partial charge in [-0.25, -0.2) is 4.79 Å². The Bertz CT molecular complexity index is 1230. The molecule has 1 amide bonds. The minimum atomic E-state index is -3.83. The average molecular weight is 460 g/mol. The number of fused-ring (bicyclic) bond motifs is 1. The number of aryl methyl sites for hydroxylation is 2. The van der Waals surface area contributed by atoms with Crippen molar-refractivity contribution in [3.8, 4) is 0 Å². The molecule has 0 radical (unpaired) electrons. The van der Waals surface area contributed by atoms with Crippen molar-refractivity contribution in [3.63, 3.8) is 0 Å². The zero-order chi connectivity index (χ0) is 23.7. The summed E-state index contributed by atoms with van der Waals surface area (Å²) < 4.78 is 27.2. The van der Waals surface area contributed by atoms with Gasteiger partial charge in [-0.2, -0.15) is 17.6 Å². The van der Waals surface area contributed by atoms with E-state index in [1.807, 2.05) is 19.9 Å². The predicted octanol–water partition coefficient (Wildman–Crippen LogP) is 3.48. The Balaban J connectivity index is 1.92. The molecular formula is C23H29N3O5S. The highest BCUT2D eigenvalue weighted by Gasteiger charge is 2.26. The summed E-state index contributed by atoms with van der Waals surface area (Å²) in [6.45, 7) is 7.25. The van der Waals surface area contributed by atoms with Gasteiger partial charge in [-0.3, -0.25) is 0 Å². The standard InChI is InChI=1S/C23H29N3O5S/c1-15-5-8-19(9-6-15)32(30,31)26-21-10-7-18(16(2)20(21)13-24-26)11-17(14-27)12-23(3,4)25-22(28)29/h5-10,13,17,25,27H,11-12,14H2,1-4H3,(H,28,29)/t17-/m0/s1. The molecule has 1 aromatic heterocycles. The number of amides is 1. The first-order valence-corrected chi connectivity index (χ1v) is 11.8. The molecule has 9 heteroatoms. The number of carbonyl (C=O) groups is 1. The van der Waals surface area contributed by atoms with Crippen LogP contribution in [0.25, 0.3) is 10.9 Å². The van der Waals surface area contributed by atoms with Crippen molar-refractivity contribution in [2.75, 3.05) is 6.61 Å². The zero-order valence-electron chi connectivity index (χ0n) is 18.7. The van der Waals surface area contributed by atoms with Crippen LogP contribution in [0.2, 0.25) is 0 Å². The van der Waals surface area contributed by atoms with E-state index in [-0.39, 0.29) is 17.4 Å². The van der Waals surface area contributed by atoms with E-state index in [4.69, 9.17) is 5.11 Å². The second kappa shape index (κ2) is 8.91. The Morgan fingerprint density at radius 3 is 2.41 bits per heavy atom. The molecule has 1 atom stereocenters. The molecule has 0 aliphatic heterocycles. The van der Waals surface area contributed by atoms with Gasteiger partial charge in [0.05, 0.1) is 16.6 Å². The van der Waals surface area contributed by atoms with Crippen LogP contribution in [0.4, 0.5) is 4.79 Å². The van der Waals surface area contributed by atoms with Crippen molar-refractivity contribution in [1.29, 1.82) is 0 Å². The van der Waals surface area contributed by atoms with Gasteiger partial charge in [0.1, 0.15) is 0 Å². The van der Waals surface area contributed by atoms with E-state index in [9.17, 15) is 18.3 Å². The third-order valence-corrected chi connectivity index (χ3v) is 7.27. The highest BCUT2D eigenvalue weighted by atomic mass is 32.2. The number of aromatic nitrogens is 2. The summed E-state index contributed by atoms with van der Waals surface area (Å²) in [4.78, 5) is 11.2. The van der Waals surface area contributed by atoms with Gasteiger partial charge >= 0.3 is 6.09 Å². The van der Waals surface area contributed by atoms with Crippen LogP contribution in [0.3, 0.4) is 0 Å². The van der Waals surface area contributed by atoms with Crippen molar-refractivity contribution in [1.82, 2.24) is 14.5 Å². The Morgan fingerprint density at radius 2 is 1.81 bits per heavy atom. The lowest BCUT2D eigenvalue weighted by Gasteiger charge is -2.29. The lowest BCUT2D eigenvalue weighted by molar-refractivity contribution is 0.160. The number of benzene rings is 2. The van der Waals surface area contributed by atoms with Gasteiger partial charge in [-0.15, -0.1) is 0 Å². The zero-order valence-corrected chi connectivity index (χ0v) is 19.5. The molecule has 32 heavy (non-hydrogen) atoms. The molecule has 0 aliphatic rings. The highest BCUT2D eigenvalue weighted by Crippen LogP contribution is 2.28. The molecule has 8 nitrogen and oxygen atoms in total. The first-order chi connectivity index (χ1) is 14.9. The van der Waals surface area contributed by atoms with E-state index in [0.29, 0.717) is 18.4 Å². The van der Waals surface area contributed by atoms with Gasteiger partial charge in [0.15, 0.2) is 0 Å². The fourth-order valence-electron chi connectivity index (χ4n) is 4.06. The monoisotopic (exact) mass is 459 g/mol. The third kappa shape index (κ3) is 4.94.